The van der Waals surface area contributed by atoms with Crippen molar-refractivity contribution in [1.29, 1.82) is 0 Å². The standard InChI is InChI=1S/C17H18N2/c1-12-4-3-5-14(10-12)16-11-15(7-6-13(16)2)17-18-8-9-19-17/h3-7,10-11H,8-9H2,1-2H3,(H,18,19). The summed E-state index contributed by atoms with van der Waals surface area (Å²) in [5, 5.41) is 3.33. The molecule has 1 aliphatic rings. The molecule has 2 heteroatoms. The van der Waals surface area contributed by atoms with Gasteiger partial charge in [0, 0.05) is 12.1 Å². The van der Waals surface area contributed by atoms with Crippen molar-refractivity contribution in [2.24, 2.45) is 4.99 Å². The first-order valence-corrected chi connectivity index (χ1v) is 6.70. The van der Waals surface area contributed by atoms with Crippen LogP contribution < -0.4 is 5.32 Å². The minimum Gasteiger partial charge on any atom is -0.368 e. The monoisotopic (exact) mass is 250 g/mol. The van der Waals surface area contributed by atoms with Gasteiger partial charge in [0.25, 0.3) is 0 Å². The molecule has 96 valence electrons. The van der Waals surface area contributed by atoms with Crippen LogP contribution in [-0.2, 0) is 0 Å². The summed E-state index contributed by atoms with van der Waals surface area (Å²) in [5.74, 6) is 1.02. The van der Waals surface area contributed by atoms with E-state index in [2.05, 4.69) is 66.6 Å². The van der Waals surface area contributed by atoms with Crippen molar-refractivity contribution in [1.82, 2.24) is 5.32 Å². The topological polar surface area (TPSA) is 24.4 Å². The van der Waals surface area contributed by atoms with E-state index >= 15 is 0 Å². The summed E-state index contributed by atoms with van der Waals surface area (Å²) in [6.45, 7) is 6.11. The predicted octanol–water partition coefficient (Wildman–Crippen LogP) is 3.32. The minimum absolute atomic E-state index is 0.878. The van der Waals surface area contributed by atoms with E-state index in [1.165, 1.54) is 27.8 Å². The molecule has 0 aromatic heterocycles. The molecule has 2 aromatic carbocycles. The van der Waals surface area contributed by atoms with Gasteiger partial charge in [0.2, 0.25) is 0 Å². The number of nitrogens with one attached hydrogen (secondary N) is 1. The van der Waals surface area contributed by atoms with E-state index in [1.807, 2.05) is 0 Å². The van der Waals surface area contributed by atoms with Crippen molar-refractivity contribution in [3.05, 3.63) is 59.2 Å². The van der Waals surface area contributed by atoms with Crippen molar-refractivity contribution in [3.63, 3.8) is 0 Å². The molecule has 2 nitrogen and oxygen atoms in total. The van der Waals surface area contributed by atoms with Gasteiger partial charge in [-0.3, -0.25) is 4.99 Å². The second-order valence-corrected chi connectivity index (χ2v) is 5.06. The van der Waals surface area contributed by atoms with Crippen LogP contribution >= 0.6 is 0 Å². The van der Waals surface area contributed by atoms with Gasteiger partial charge in [0.1, 0.15) is 5.84 Å². The number of benzene rings is 2. The molecule has 0 unspecified atom stereocenters. The smallest absolute Gasteiger partial charge is 0.128 e. The number of amidine groups is 1. The van der Waals surface area contributed by atoms with Crippen LogP contribution in [0.4, 0.5) is 0 Å². The Kier molecular flexibility index (Phi) is 3.08. The summed E-state index contributed by atoms with van der Waals surface area (Å²) in [7, 11) is 0. The second-order valence-electron chi connectivity index (χ2n) is 5.06. The Bertz CT molecular complexity index is 641. The zero-order valence-electron chi connectivity index (χ0n) is 11.4. The Morgan fingerprint density at radius 2 is 1.89 bits per heavy atom. The van der Waals surface area contributed by atoms with Crippen LogP contribution in [0.25, 0.3) is 11.1 Å². The first kappa shape index (κ1) is 12.0. The number of aryl methyl sites for hydroxylation is 2. The normalized spacial score (nSPS) is 14.1. The first-order valence-electron chi connectivity index (χ1n) is 6.70. The number of hydrogen-bond donors (Lipinski definition) is 1. The number of aliphatic imine (C=N–C) groups is 1. The Morgan fingerprint density at radius 3 is 2.63 bits per heavy atom. The van der Waals surface area contributed by atoms with E-state index in [9.17, 15) is 0 Å². The third-order valence-corrected chi connectivity index (χ3v) is 3.51. The molecular weight excluding hydrogens is 232 g/mol. The van der Waals surface area contributed by atoms with Crippen LogP contribution in [0.3, 0.4) is 0 Å². The van der Waals surface area contributed by atoms with Gasteiger partial charge in [-0.1, -0.05) is 42.0 Å². The van der Waals surface area contributed by atoms with E-state index in [4.69, 9.17) is 0 Å². The maximum absolute atomic E-state index is 4.49. The largest absolute Gasteiger partial charge is 0.368 e. The Balaban J connectivity index is 2.07. The lowest BCUT2D eigenvalue weighted by Crippen LogP contribution is -2.19. The fourth-order valence-corrected chi connectivity index (χ4v) is 2.48. The van der Waals surface area contributed by atoms with Gasteiger partial charge in [-0.05, 0) is 36.6 Å². The van der Waals surface area contributed by atoms with E-state index in [0.29, 0.717) is 0 Å². The zero-order chi connectivity index (χ0) is 13.2. The molecule has 1 heterocycles. The molecule has 0 bridgehead atoms. The molecule has 0 aliphatic carbocycles. The van der Waals surface area contributed by atoms with Crippen LogP contribution in [0.5, 0.6) is 0 Å². The molecular formula is C17H18N2. The van der Waals surface area contributed by atoms with Crippen LogP contribution in [-0.4, -0.2) is 18.9 Å². The molecule has 19 heavy (non-hydrogen) atoms. The third kappa shape index (κ3) is 2.39. The van der Waals surface area contributed by atoms with Crippen LogP contribution in [0.2, 0.25) is 0 Å². The fourth-order valence-electron chi connectivity index (χ4n) is 2.48. The summed E-state index contributed by atoms with van der Waals surface area (Å²) in [5.41, 5.74) is 6.33. The minimum atomic E-state index is 0.878. The van der Waals surface area contributed by atoms with Crippen molar-refractivity contribution in [2.45, 2.75) is 13.8 Å². The number of rotatable bonds is 2. The lowest BCUT2D eigenvalue weighted by molar-refractivity contribution is 0.960. The van der Waals surface area contributed by atoms with Gasteiger partial charge in [-0.2, -0.15) is 0 Å². The second kappa shape index (κ2) is 4.88. The predicted molar refractivity (Wildman–Crippen MR) is 80.8 cm³/mol. The van der Waals surface area contributed by atoms with E-state index < -0.39 is 0 Å². The summed E-state index contributed by atoms with van der Waals surface area (Å²) in [6, 6.07) is 15.2. The lowest BCUT2D eigenvalue weighted by Gasteiger charge is -2.10. The lowest BCUT2D eigenvalue weighted by atomic mass is 9.96. The molecule has 0 atom stereocenters. The average molecular weight is 250 g/mol. The highest BCUT2D eigenvalue weighted by atomic mass is 15.1. The van der Waals surface area contributed by atoms with E-state index in [-0.39, 0.29) is 0 Å². The molecule has 0 fully saturated rings. The summed E-state index contributed by atoms with van der Waals surface area (Å²) in [6.07, 6.45) is 0. The highest BCUT2D eigenvalue weighted by molar-refractivity contribution is 6.00. The van der Waals surface area contributed by atoms with Crippen molar-refractivity contribution in [3.8, 4) is 11.1 Å². The van der Waals surface area contributed by atoms with E-state index in [1.54, 1.807) is 0 Å². The van der Waals surface area contributed by atoms with E-state index in [0.717, 1.165) is 18.9 Å². The first-order chi connectivity index (χ1) is 9.24. The highest BCUT2D eigenvalue weighted by Crippen LogP contribution is 2.25. The Morgan fingerprint density at radius 1 is 1.00 bits per heavy atom. The summed E-state index contributed by atoms with van der Waals surface area (Å²) >= 11 is 0. The molecule has 0 radical (unpaired) electrons. The number of hydrogen-bond acceptors (Lipinski definition) is 2. The van der Waals surface area contributed by atoms with Crippen LogP contribution in [0, 0.1) is 13.8 Å². The van der Waals surface area contributed by atoms with Gasteiger partial charge >= 0.3 is 0 Å². The maximum Gasteiger partial charge on any atom is 0.128 e. The molecule has 0 spiro atoms. The maximum atomic E-state index is 4.49. The van der Waals surface area contributed by atoms with Crippen molar-refractivity contribution >= 4 is 5.84 Å². The van der Waals surface area contributed by atoms with Gasteiger partial charge in [-0.15, -0.1) is 0 Å². The third-order valence-electron chi connectivity index (χ3n) is 3.51. The van der Waals surface area contributed by atoms with Gasteiger partial charge in [0.05, 0.1) is 6.54 Å². The molecule has 0 amide bonds. The zero-order valence-corrected chi connectivity index (χ0v) is 11.4. The fraction of sp³-hybridized carbons (Fsp3) is 0.235. The summed E-state index contributed by atoms with van der Waals surface area (Å²) < 4.78 is 0. The molecule has 3 rings (SSSR count). The molecule has 1 aliphatic heterocycles. The highest BCUT2D eigenvalue weighted by Gasteiger charge is 2.10. The van der Waals surface area contributed by atoms with Gasteiger partial charge in [0.15, 0.2) is 0 Å². The SMILES string of the molecule is Cc1cccc(-c2cc(C3=NCCN3)ccc2C)c1. The Labute approximate surface area is 114 Å². The van der Waals surface area contributed by atoms with Crippen LogP contribution in [0.15, 0.2) is 47.5 Å². The van der Waals surface area contributed by atoms with Crippen molar-refractivity contribution in [2.75, 3.05) is 13.1 Å². The molecule has 0 saturated carbocycles. The molecule has 2 aromatic rings. The van der Waals surface area contributed by atoms with Gasteiger partial charge < -0.3 is 5.32 Å². The molecule has 1 N–H and O–H groups in total. The van der Waals surface area contributed by atoms with Crippen molar-refractivity contribution < 1.29 is 0 Å². The summed E-state index contributed by atoms with van der Waals surface area (Å²) in [4.78, 5) is 4.49. The average Bonchev–Trinajstić information content (AvgIpc) is 2.93. The van der Waals surface area contributed by atoms with Crippen LogP contribution in [0.1, 0.15) is 16.7 Å². The Hall–Kier alpha value is -2.09. The number of nitrogens with zero attached hydrogens (tertiary/aromatic N) is 1. The quantitative estimate of drug-likeness (QED) is 0.868. The van der Waals surface area contributed by atoms with Gasteiger partial charge in [-0.25, -0.2) is 0 Å². The molecule has 0 saturated heterocycles.